The van der Waals surface area contributed by atoms with Gasteiger partial charge in [0.1, 0.15) is 5.02 Å². The number of amides is 3. The number of aryl methyl sites for hydroxylation is 3. The van der Waals surface area contributed by atoms with Gasteiger partial charge in [-0.3, -0.25) is 28.8 Å². The summed E-state index contributed by atoms with van der Waals surface area (Å²) in [4.78, 5) is 52.6. The molecule has 52 heavy (non-hydrogen) atoms. The average molecular weight is 730 g/mol. The van der Waals surface area contributed by atoms with Crippen molar-refractivity contribution < 1.29 is 14.7 Å². The molecular formula is C36H44ClN11O4. The first kappa shape index (κ1) is 35.3. The molecule has 3 amide bonds. The lowest BCUT2D eigenvalue weighted by molar-refractivity contribution is -0.120. The standard InChI is InChI=1S/C36H44ClN11O4/c1-21-17-23(11-14-46(21)24-8-9-25-28(19-24)45(6)42-32(25)48-15-12-30(49)40-34(48)50)43(4)33-38-20-26(37)31(41-33)39-22-7-10-27-29(18-22)47(35(51)44(27)5)16-13-36(2,3)52/h7-10,18-21,23,52H,11-17H2,1-6H3,(H,38,39,41)(H,40,49,50)/t21-,23+/m0/s1. The number of halogens is 1. The largest absolute Gasteiger partial charge is 0.390 e. The molecule has 5 aromatic rings. The Morgan fingerprint density at radius 1 is 1.08 bits per heavy atom. The normalized spacial score (nSPS) is 18.4. The van der Waals surface area contributed by atoms with Gasteiger partial charge in [-0.05, 0) is 76.4 Å². The molecule has 274 valence electrons. The van der Waals surface area contributed by atoms with Crippen molar-refractivity contribution in [3.63, 3.8) is 0 Å². The third kappa shape index (κ3) is 6.65. The van der Waals surface area contributed by atoms with Crippen molar-refractivity contribution in [3.8, 4) is 0 Å². The number of nitrogens with zero attached hydrogens (tertiary/aromatic N) is 9. The average Bonchev–Trinajstić information content (AvgIpc) is 3.55. The number of nitrogens with one attached hydrogen (secondary N) is 2. The summed E-state index contributed by atoms with van der Waals surface area (Å²) < 4.78 is 5.07. The van der Waals surface area contributed by atoms with Crippen molar-refractivity contribution in [2.45, 2.75) is 70.7 Å². The van der Waals surface area contributed by atoms with E-state index in [-0.39, 0.29) is 30.1 Å². The van der Waals surface area contributed by atoms with E-state index < -0.39 is 11.6 Å². The number of urea groups is 1. The summed E-state index contributed by atoms with van der Waals surface area (Å²) in [5.41, 5.74) is 3.19. The Hall–Kier alpha value is -5.15. The summed E-state index contributed by atoms with van der Waals surface area (Å²) in [6.07, 6.45) is 4.01. The zero-order valence-corrected chi connectivity index (χ0v) is 31.0. The van der Waals surface area contributed by atoms with Gasteiger partial charge < -0.3 is 20.2 Å². The van der Waals surface area contributed by atoms with Gasteiger partial charge in [-0.25, -0.2) is 14.6 Å². The fourth-order valence-electron chi connectivity index (χ4n) is 7.26. The highest BCUT2D eigenvalue weighted by Gasteiger charge is 2.31. The lowest BCUT2D eigenvalue weighted by atomic mass is 9.96. The Morgan fingerprint density at radius 2 is 1.87 bits per heavy atom. The van der Waals surface area contributed by atoms with Crippen LogP contribution in [0, 0.1) is 0 Å². The van der Waals surface area contributed by atoms with Crippen LogP contribution in [0.3, 0.4) is 0 Å². The molecule has 2 saturated heterocycles. The molecule has 2 atom stereocenters. The zero-order chi connectivity index (χ0) is 37.1. The number of aliphatic hydroxyl groups is 1. The highest BCUT2D eigenvalue weighted by atomic mass is 35.5. The number of fused-ring (bicyclic) bond motifs is 2. The van der Waals surface area contributed by atoms with Crippen molar-refractivity contribution in [2.24, 2.45) is 14.1 Å². The van der Waals surface area contributed by atoms with Crippen LogP contribution in [0.4, 0.5) is 33.8 Å². The van der Waals surface area contributed by atoms with E-state index >= 15 is 0 Å². The molecule has 0 aliphatic carbocycles. The Kier molecular flexibility index (Phi) is 9.11. The molecule has 2 aliphatic rings. The molecule has 0 bridgehead atoms. The number of benzene rings is 2. The predicted molar refractivity (Wildman–Crippen MR) is 203 cm³/mol. The van der Waals surface area contributed by atoms with Crippen LogP contribution in [-0.2, 0) is 25.4 Å². The lowest BCUT2D eigenvalue weighted by Crippen LogP contribution is -2.49. The van der Waals surface area contributed by atoms with Gasteiger partial charge in [0.15, 0.2) is 11.6 Å². The number of carbonyl (C=O) groups excluding carboxylic acids is 2. The number of aromatic nitrogens is 6. The van der Waals surface area contributed by atoms with Crippen LogP contribution >= 0.6 is 11.6 Å². The number of imide groups is 1. The summed E-state index contributed by atoms with van der Waals surface area (Å²) in [5, 5.41) is 21.8. The summed E-state index contributed by atoms with van der Waals surface area (Å²) in [5.74, 6) is 1.28. The fraction of sp³-hybridized carbons (Fsp3) is 0.444. The zero-order valence-electron chi connectivity index (χ0n) is 30.2. The van der Waals surface area contributed by atoms with Crippen LogP contribution in [0.1, 0.15) is 46.5 Å². The van der Waals surface area contributed by atoms with Gasteiger partial charge in [0.2, 0.25) is 11.9 Å². The van der Waals surface area contributed by atoms with E-state index in [2.05, 4.69) is 49.6 Å². The molecule has 0 radical (unpaired) electrons. The van der Waals surface area contributed by atoms with Gasteiger partial charge in [-0.2, -0.15) is 10.1 Å². The van der Waals surface area contributed by atoms with Crippen LogP contribution in [0.25, 0.3) is 21.9 Å². The summed E-state index contributed by atoms with van der Waals surface area (Å²) in [6, 6.07) is 11.8. The van der Waals surface area contributed by atoms with Crippen LogP contribution in [-0.4, -0.2) is 83.7 Å². The number of carbonyl (C=O) groups is 2. The number of hydrogen-bond acceptors (Lipinski definition) is 10. The maximum atomic E-state index is 13.0. The molecule has 2 aromatic carbocycles. The monoisotopic (exact) mass is 729 g/mol. The number of imidazole rings is 1. The van der Waals surface area contributed by atoms with Crippen LogP contribution in [0.2, 0.25) is 5.02 Å². The molecule has 2 fully saturated rings. The second-order valence-electron chi connectivity index (χ2n) is 14.5. The number of piperidine rings is 1. The van der Waals surface area contributed by atoms with E-state index in [1.165, 1.54) is 4.90 Å². The molecule has 3 aromatic heterocycles. The minimum atomic E-state index is -0.902. The van der Waals surface area contributed by atoms with E-state index in [1.807, 2.05) is 38.4 Å². The van der Waals surface area contributed by atoms with Crippen molar-refractivity contribution in [1.82, 2.24) is 34.2 Å². The molecule has 0 saturated carbocycles. The van der Waals surface area contributed by atoms with Gasteiger partial charge in [0.25, 0.3) is 0 Å². The molecule has 5 heterocycles. The quantitative estimate of drug-likeness (QED) is 0.197. The Balaban J connectivity index is 1.06. The summed E-state index contributed by atoms with van der Waals surface area (Å²) in [7, 11) is 5.61. The van der Waals surface area contributed by atoms with Crippen molar-refractivity contribution in [2.75, 3.05) is 40.2 Å². The summed E-state index contributed by atoms with van der Waals surface area (Å²) >= 11 is 6.59. The Bertz CT molecular complexity index is 2250. The SMILES string of the molecule is C[C@H]1C[C@H](N(C)c2ncc(Cl)c(Nc3ccc4c(c3)n(CCC(C)(C)O)c(=O)n4C)n2)CCN1c1ccc2c(N3CCC(=O)NC3=O)nn(C)c2c1. The maximum absolute atomic E-state index is 13.0. The van der Waals surface area contributed by atoms with Crippen LogP contribution in [0.5, 0.6) is 0 Å². The lowest BCUT2D eigenvalue weighted by Gasteiger charge is -2.42. The smallest absolute Gasteiger partial charge is 0.329 e. The first-order valence-corrected chi connectivity index (χ1v) is 17.8. The number of hydrogen-bond donors (Lipinski definition) is 3. The highest BCUT2D eigenvalue weighted by molar-refractivity contribution is 6.33. The Labute approximate surface area is 305 Å². The van der Waals surface area contributed by atoms with E-state index in [4.69, 9.17) is 16.6 Å². The van der Waals surface area contributed by atoms with E-state index in [0.717, 1.165) is 52.7 Å². The fourth-order valence-corrected chi connectivity index (χ4v) is 7.40. The van der Waals surface area contributed by atoms with Gasteiger partial charge in [-0.15, -0.1) is 0 Å². The minimum absolute atomic E-state index is 0.143. The molecule has 15 nitrogen and oxygen atoms in total. The van der Waals surface area contributed by atoms with Crippen molar-refractivity contribution in [3.05, 3.63) is 58.1 Å². The van der Waals surface area contributed by atoms with Gasteiger partial charge in [0, 0.05) is 76.0 Å². The van der Waals surface area contributed by atoms with Crippen molar-refractivity contribution >= 4 is 74.4 Å². The first-order chi connectivity index (χ1) is 24.7. The molecule has 2 aliphatic heterocycles. The number of rotatable bonds is 9. The third-order valence-electron chi connectivity index (χ3n) is 10.3. The third-order valence-corrected chi connectivity index (χ3v) is 10.5. The van der Waals surface area contributed by atoms with Crippen LogP contribution < -0.4 is 31.0 Å². The van der Waals surface area contributed by atoms with Crippen LogP contribution in [0.15, 0.2) is 47.4 Å². The Morgan fingerprint density at radius 3 is 2.60 bits per heavy atom. The second-order valence-corrected chi connectivity index (χ2v) is 14.9. The molecule has 0 spiro atoms. The minimum Gasteiger partial charge on any atom is -0.390 e. The molecule has 7 rings (SSSR count). The first-order valence-electron chi connectivity index (χ1n) is 17.5. The van der Waals surface area contributed by atoms with E-state index in [9.17, 15) is 19.5 Å². The van der Waals surface area contributed by atoms with E-state index in [0.29, 0.717) is 42.1 Å². The van der Waals surface area contributed by atoms with Gasteiger partial charge in [-0.1, -0.05) is 11.6 Å². The molecular weight excluding hydrogens is 686 g/mol. The maximum Gasteiger partial charge on any atom is 0.329 e. The topological polar surface area (TPSA) is 159 Å². The highest BCUT2D eigenvalue weighted by Crippen LogP contribution is 2.34. The summed E-state index contributed by atoms with van der Waals surface area (Å²) in [6.45, 7) is 7.17. The molecule has 0 unspecified atom stereocenters. The van der Waals surface area contributed by atoms with Gasteiger partial charge >= 0.3 is 11.7 Å². The molecule has 16 heteroatoms. The van der Waals surface area contributed by atoms with E-state index in [1.54, 1.807) is 40.9 Å². The number of anilines is 5. The van der Waals surface area contributed by atoms with Crippen molar-refractivity contribution in [1.29, 1.82) is 0 Å². The molecule has 3 N–H and O–H groups in total. The second kappa shape index (κ2) is 13.4. The van der Waals surface area contributed by atoms with Gasteiger partial charge in [0.05, 0.1) is 28.3 Å². The predicted octanol–water partition coefficient (Wildman–Crippen LogP) is 4.51.